The number of benzene rings is 1. The number of aliphatic hydroxyl groups excluding tert-OH is 2. The van der Waals surface area contributed by atoms with Crippen molar-refractivity contribution in [3.63, 3.8) is 0 Å². The Morgan fingerprint density at radius 3 is 2.70 bits per heavy atom. The number of esters is 1. The summed E-state index contributed by atoms with van der Waals surface area (Å²) in [7, 11) is 0. The third-order valence-electron chi connectivity index (χ3n) is 2.65. The number of carbonyl (C=O) groups is 1. The number of nitro benzene ring substituents is 1. The summed E-state index contributed by atoms with van der Waals surface area (Å²) < 4.78 is 4.63. The van der Waals surface area contributed by atoms with E-state index in [0.717, 1.165) is 0 Å². The summed E-state index contributed by atoms with van der Waals surface area (Å²) in [6.07, 6.45) is -3.60. The van der Waals surface area contributed by atoms with Gasteiger partial charge in [-0.3, -0.25) is 14.9 Å². The maximum absolute atomic E-state index is 11.2. The van der Waals surface area contributed by atoms with Crippen LogP contribution in [0.4, 0.5) is 11.4 Å². The van der Waals surface area contributed by atoms with E-state index in [-0.39, 0.29) is 17.9 Å². The van der Waals surface area contributed by atoms with Crippen LogP contribution in [0.25, 0.3) is 0 Å². The Balaban J connectivity index is 2.97. The zero-order valence-corrected chi connectivity index (χ0v) is 10.9. The minimum absolute atomic E-state index is 0.130. The summed E-state index contributed by atoms with van der Waals surface area (Å²) in [6.45, 7) is 1.74. The van der Waals surface area contributed by atoms with Gasteiger partial charge in [0.25, 0.3) is 5.69 Å². The molecule has 20 heavy (non-hydrogen) atoms. The molecule has 0 spiro atoms. The monoisotopic (exact) mass is 284 g/mol. The Labute approximate surface area is 114 Å². The van der Waals surface area contributed by atoms with E-state index in [4.69, 9.17) is 5.73 Å². The maximum atomic E-state index is 11.2. The number of nitrogens with zero attached hydrogens (tertiary/aromatic N) is 1. The molecule has 8 nitrogen and oxygen atoms in total. The van der Waals surface area contributed by atoms with Crippen molar-refractivity contribution in [3.8, 4) is 0 Å². The molecular formula is C12H16N2O6. The summed E-state index contributed by atoms with van der Waals surface area (Å²) in [4.78, 5) is 21.4. The summed E-state index contributed by atoms with van der Waals surface area (Å²) in [5.41, 5.74) is 4.72. The van der Waals surface area contributed by atoms with Crippen LogP contribution in [0.15, 0.2) is 18.2 Å². The van der Waals surface area contributed by atoms with Gasteiger partial charge in [-0.25, -0.2) is 0 Å². The van der Waals surface area contributed by atoms with Gasteiger partial charge in [0.15, 0.2) is 0 Å². The van der Waals surface area contributed by atoms with Gasteiger partial charge >= 0.3 is 5.97 Å². The summed E-state index contributed by atoms with van der Waals surface area (Å²) in [5.74, 6) is -0.703. The molecule has 1 aromatic carbocycles. The van der Waals surface area contributed by atoms with Crippen LogP contribution in [0.2, 0.25) is 0 Å². The third-order valence-corrected chi connectivity index (χ3v) is 2.65. The summed E-state index contributed by atoms with van der Waals surface area (Å²) >= 11 is 0. The van der Waals surface area contributed by atoms with Crippen molar-refractivity contribution in [2.75, 3.05) is 12.3 Å². The highest BCUT2D eigenvalue weighted by molar-refractivity contribution is 5.70. The topological polar surface area (TPSA) is 136 Å². The first kappa shape index (κ1) is 15.9. The van der Waals surface area contributed by atoms with Gasteiger partial charge in [0.2, 0.25) is 0 Å². The van der Waals surface area contributed by atoms with Crippen LogP contribution >= 0.6 is 0 Å². The molecule has 0 aliphatic heterocycles. The molecule has 4 N–H and O–H groups in total. The van der Waals surface area contributed by atoms with Gasteiger partial charge in [-0.15, -0.1) is 0 Å². The predicted molar refractivity (Wildman–Crippen MR) is 69.7 cm³/mol. The van der Waals surface area contributed by atoms with E-state index >= 15 is 0 Å². The van der Waals surface area contributed by atoms with E-state index in [1.807, 2.05) is 0 Å². The van der Waals surface area contributed by atoms with Gasteiger partial charge in [0.05, 0.1) is 29.6 Å². The highest BCUT2D eigenvalue weighted by atomic mass is 16.6. The molecule has 0 saturated heterocycles. The van der Waals surface area contributed by atoms with Crippen LogP contribution in [0, 0.1) is 10.1 Å². The highest BCUT2D eigenvalue weighted by Crippen LogP contribution is 2.32. The molecule has 0 radical (unpaired) electrons. The van der Waals surface area contributed by atoms with Gasteiger partial charge in [0.1, 0.15) is 11.8 Å². The number of aliphatic hydroxyl groups is 2. The molecular weight excluding hydrogens is 268 g/mol. The van der Waals surface area contributed by atoms with E-state index in [9.17, 15) is 25.1 Å². The van der Waals surface area contributed by atoms with Crippen LogP contribution in [-0.2, 0) is 9.53 Å². The molecule has 0 fully saturated rings. The van der Waals surface area contributed by atoms with Gasteiger partial charge in [0, 0.05) is 0 Å². The lowest BCUT2D eigenvalue weighted by molar-refractivity contribution is -0.385. The first-order chi connectivity index (χ1) is 9.38. The number of nitrogens with two attached hydrogens (primary N) is 1. The Morgan fingerprint density at radius 2 is 2.15 bits per heavy atom. The number of rotatable bonds is 6. The summed E-state index contributed by atoms with van der Waals surface area (Å²) in [6, 6.07) is 4.00. The largest absolute Gasteiger partial charge is 0.466 e. The fourth-order valence-corrected chi connectivity index (χ4v) is 1.74. The molecule has 8 heteroatoms. The van der Waals surface area contributed by atoms with Gasteiger partial charge in [-0.2, -0.15) is 0 Å². The van der Waals surface area contributed by atoms with Crippen molar-refractivity contribution < 1.29 is 24.7 Å². The number of nitrogen functional groups attached to an aromatic ring is 1. The van der Waals surface area contributed by atoms with E-state index in [1.54, 1.807) is 6.92 Å². The number of nitro groups is 1. The highest BCUT2D eigenvalue weighted by Gasteiger charge is 2.29. The molecule has 2 unspecified atom stereocenters. The molecule has 2 atom stereocenters. The molecule has 0 bridgehead atoms. The second-order valence-corrected chi connectivity index (χ2v) is 4.06. The van der Waals surface area contributed by atoms with Crippen LogP contribution in [0.3, 0.4) is 0 Å². The van der Waals surface area contributed by atoms with Gasteiger partial charge in [-0.1, -0.05) is 6.07 Å². The first-order valence-electron chi connectivity index (χ1n) is 5.93. The molecule has 0 saturated carbocycles. The summed E-state index contributed by atoms with van der Waals surface area (Å²) in [5, 5.41) is 30.6. The number of hydrogen-bond acceptors (Lipinski definition) is 7. The van der Waals surface area contributed by atoms with E-state index in [0.29, 0.717) is 0 Å². The number of hydrogen-bond donors (Lipinski definition) is 3. The number of para-hydroxylation sites is 1. The minimum atomic E-state index is -1.61. The second kappa shape index (κ2) is 6.83. The predicted octanol–water partition coefficient (Wildman–Crippen LogP) is 0.525. The minimum Gasteiger partial charge on any atom is -0.466 e. The molecule has 0 aliphatic rings. The Hall–Kier alpha value is -2.19. The Kier molecular flexibility index (Phi) is 5.42. The van der Waals surface area contributed by atoms with Crippen LogP contribution in [-0.4, -0.2) is 33.8 Å². The second-order valence-electron chi connectivity index (χ2n) is 4.06. The molecule has 0 heterocycles. The zero-order chi connectivity index (χ0) is 15.3. The van der Waals surface area contributed by atoms with Crippen LogP contribution in [0.1, 0.15) is 25.0 Å². The fourth-order valence-electron chi connectivity index (χ4n) is 1.74. The quantitative estimate of drug-likeness (QED) is 0.300. The number of ether oxygens (including phenoxy) is 1. The van der Waals surface area contributed by atoms with Crippen molar-refractivity contribution in [2.45, 2.75) is 25.6 Å². The molecule has 1 aromatic rings. The maximum Gasteiger partial charge on any atom is 0.308 e. The van der Waals surface area contributed by atoms with E-state index in [2.05, 4.69) is 4.74 Å². The molecule has 110 valence electrons. The smallest absolute Gasteiger partial charge is 0.308 e. The van der Waals surface area contributed by atoms with Crippen LogP contribution < -0.4 is 5.73 Å². The lowest BCUT2D eigenvalue weighted by Gasteiger charge is -2.17. The number of carbonyl (C=O) groups excluding carboxylic acids is 1. The number of anilines is 1. The normalized spacial score (nSPS) is 13.6. The Bertz CT molecular complexity index is 505. The first-order valence-corrected chi connectivity index (χ1v) is 5.93. The van der Waals surface area contributed by atoms with Crippen molar-refractivity contribution in [1.82, 2.24) is 0 Å². The zero-order valence-electron chi connectivity index (χ0n) is 10.9. The fraction of sp³-hybridized carbons (Fsp3) is 0.417. The van der Waals surface area contributed by atoms with Crippen molar-refractivity contribution in [2.24, 2.45) is 0 Å². The van der Waals surface area contributed by atoms with Crippen LogP contribution in [0.5, 0.6) is 0 Å². The average molecular weight is 284 g/mol. The standard InChI is InChI=1S/C12H16N2O6/c1-2-20-10(16)6-9(15)12(17)7-4-3-5-8(13)11(7)14(18)19/h3-5,9,12,15,17H,2,6,13H2,1H3. The lowest BCUT2D eigenvalue weighted by Crippen LogP contribution is -2.24. The van der Waals surface area contributed by atoms with Crippen molar-refractivity contribution in [1.29, 1.82) is 0 Å². The van der Waals surface area contributed by atoms with Gasteiger partial charge < -0.3 is 20.7 Å². The van der Waals surface area contributed by atoms with E-state index in [1.165, 1.54) is 18.2 Å². The SMILES string of the molecule is CCOC(=O)CC(O)C(O)c1cccc(N)c1[N+](=O)[O-]. The van der Waals surface area contributed by atoms with Gasteiger partial charge in [-0.05, 0) is 19.1 Å². The molecule has 0 aromatic heterocycles. The van der Waals surface area contributed by atoms with Crippen molar-refractivity contribution in [3.05, 3.63) is 33.9 Å². The molecule has 0 aliphatic carbocycles. The molecule has 1 rings (SSSR count). The Morgan fingerprint density at radius 1 is 1.50 bits per heavy atom. The van der Waals surface area contributed by atoms with E-state index < -0.39 is 35.2 Å². The third kappa shape index (κ3) is 3.65. The lowest BCUT2D eigenvalue weighted by atomic mass is 9.99. The van der Waals surface area contributed by atoms with Crippen molar-refractivity contribution >= 4 is 17.3 Å². The molecule has 0 amide bonds. The average Bonchev–Trinajstić information content (AvgIpc) is 2.37.